The van der Waals surface area contributed by atoms with Crippen LogP contribution in [-0.2, 0) is 9.09 Å². The van der Waals surface area contributed by atoms with Crippen molar-refractivity contribution >= 4 is 7.37 Å². The van der Waals surface area contributed by atoms with E-state index in [1.165, 1.54) is 0 Å². The van der Waals surface area contributed by atoms with E-state index in [4.69, 9.17) is 4.52 Å². The van der Waals surface area contributed by atoms with Gasteiger partial charge in [0.05, 0.1) is 6.61 Å². The van der Waals surface area contributed by atoms with Gasteiger partial charge in [-0.2, -0.15) is 0 Å². The standard InChI is InChI=1S/C9H21O2P/c1-5-12(10,6-2)11-8-7-9(3)4/h9H,5-8H2,1-4H3. The molecule has 0 unspecified atom stereocenters. The van der Waals surface area contributed by atoms with E-state index in [9.17, 15) is 4.57 Å². The van der Waals surface area contributed by atoms with Crippen molar-refractivity contribution < 1.29 is 9.09 Å². The summed E-state index contributed by atoms with van der Waals surface area (Å²) in [5, 5.41) is 0. The molecule has 0 aliphatic carbocycles. The van der Waals surface area contributed by atoms with Crippen LogP contribution < -0.4 is 0 Å². The van der Waals surface area contributed by atoms with Crippen molar-refractivity contribution in [2.45, 2.75) is 34.1 Å². The highest BCUT2D eigenvalue weighted by molar-refractivity contribution is 7.58. The zero-order valence-corrected chi connectivity index (χ0v) is 9.56. The summed E-state index contributed by atoms with van der Waals surface area (Å²) in [5.74, 6) is 0.632. The van der Waals surface area contributed by atoms with Crippen LogP contribution >= 0.6 is 7.37 Å². The van der Waals surface area contributed by atoms with Crippen LogP contribution in [0, 0.1) is 5.92 Å². The van der Waals surface area contributed by atoms with Crippen molar-refractivity contribution in [3.05, 3.63) is 0 Å². The van der Waals surface area contributed by atoms with Gasteiger partial charge >= 0.3 is 0 Å². The quantitative estimate of drug-likeness (QED) is 0.603. The highest BCUT2D eigenvalue weighted by Crippen LogP contribution is 2.45. The first kappa shape index (κ1) is 12.2. The van der Waals surface area contributed by atoms with Gasteiger partial charge in [-0.1, -0.05) is 27.7 Å². The smallest absolute Gasteiger partial charge is 0.202 e. The molecule has 0 aromatic carbocycles. The Kier molecular flexibility index (Phi) is 5.86. The van der Waals surface area contributed by atoms with Crippen molar-refractivity contribution in [1.29, 1.82) is 0 Å². The first-order chi connectivity index (χ1) is 5.54. The molecule has 0 aromatic rings. The first-order valence-electron chi connectivity index (χ1n) is 4.76. The molecule has 0 aromatic heterocycles. The molecular weight excluding hydrogens is 171 g/mol. The average Bonchev–Trinajstić information content (AvgIpc) is 2.03. The van der Waals surface area contributed by atoms with Crippen LogP contribution in [0.4, 0.5) is 0 Å². The van der Waals surface area contributed by atoms with Crippen LogP contribution in [0.3, 0.4) is 0 Å². The van der Waals surface area contributed by atoms with Crippen LogP contribution in [0.25, 0.3) is 0 Å². The Bertz CT molecular complexity index is 147. The second-order valence-electron chi connectivity index (χ2n) is 3.46. The van der Waals surface area contributed by atoms with Gasteiger partial charge in [0.15, 0.2) is 0 Å². The molecule has 0 heterocycles. The lowest BCUT2D eigenvalue weighted by Gasteiger charge is -2.15. The van der Waals surface area contributed by atoms with Crippen molar-refractivity contribution in [3.8, 4) is 0 Å². The SMILES string of the molecule is CCP(=O)(CC)OCCC(C)C. The summed E-state index contributed by atoms with van der Waals surface area (Å²) in [6.07, 6.45) is 2.34. The minimum Gasteiger partial charge on any atom is -0.328 e. The molecule has 12 heavy (non-hydrogen) atoms. The third kappa shape index (κ3) is 4.95. The molecule has 0 N–H and O–H groups in total. The third-order valence-corrected chi connectivity index (χ3v) is 4.57. The zero-order chi connectivity index (χ0) is 9.61. The first-order valence-corrected chi connectivity index (χ1v) is 6.76. The number of rotatable bonds is 6. The lowest BCUT2D eigenvalue weighted by atomic mass is 10.2. The lowest BCUT2D eigenvalue weighted by Crippen LogP contribution is -2.00. The molecule has 0 saturated heterocycles. The van der Waals surface area contributed by atoms with E-state index < -0.39 is 7.37 Å². The maximum Gasteiger partial charge on any atom is 0.202 e. The average molecular weight is 192 g/mol. The highest BCUT2D eigenvalue weighted by Gasteiger charge is 2.16. The molecule has 0 saturated carbocycles. The van der Waals surface area contributed by atoms with Crippen LogP contribution in [0.15, 0.2) is 0 Å². The van der Waals surface area contributed by atoms with E-state index in [2.05, 4.69) is 13.8 Å². The normalized spacial score (nSPS) is 12.4. The molecule has 0 bridgehead atoms. The Hall–Kier alpha value is 0.190. The van der Waals surface area contributed by atoms with Gasteiger partial charge in [0.2, 0.25) is 7.37 Å². The predicted octanol–water partition coefficient (Wildman–Crippen LogP) is 3.37. The fourth-order valence-electron chi connectivity index (χ4n) is 0.861. The van der Waals surface area contributed by atoms with Crippen LogP contribution in [-0.4, -0.2) is 18.9 Å². The Morgan fingerprint density at radius 3 is 2.08 bits per heavy atom. The van der Waals surface area contributed by atoms with Gasteiger partial charge in [-0.3, -0.25) is 4.57 Å². The van der Waals surface area contributed by atoms with Gasteiger partial charge < -0.3 is 4.52 Å². The summed E-state index contributed by atoms with van der Waals surface area (Å²) in [7, 11) is -2.24. The summed E-state index contributed by atoms with van der Waals surface area (Å²) in [6, 6.07) is 0. The zero-order valence-electron chi connectivity index (χ0n) is 8.67. The van der Waals surface area contributed by atoms with Crippen LogP contribution in [0.5, 0.6) is 0 Å². The van der Waals surface area contributed by atoms with Gasteiger partial charge in [-0.05, 0) is 12.3 Å². The molecule has 0 fully saturated rings. The minimum absolute atomic E-state index is 0.632. The minimum atomic E-state index is -2.24. The fraction of sp³-hybridized carbons (Fsp3) is 1.00. The van der Waals surface area contributed by atoms with Gasteiger partial charge in [0, 0.05) is 12.3 Å². The molecule has 2 nitrogen and oxygen atoms in total. The molecule has 0 atom stereocenters. The van der Waals surface area contributed by atoms with E-state index >= 15 is 0 Å². The monoisotopic (exact) mass is 192 g/mol. The molecule has 0 radical (unpaired) electrons. The van der Waals surface area contributed by atoms with Crippen LogP contribution in [0.2, 0.25) is 0 Å². The molecule has 74 valence electrons. The Morgan fingerprint density at radius 1 is 1.25 bits per heavy atom. The molecule has 0 amide bonds. The largest absolute Gasteiger partial charge is 0.328 e. The van der Waals surface area contributed by atoms with Gasteiger partial charge in [0.25, 0.3) is 0 Å². The second-order valence-corrected chi connectivity index (χ2v) is 6.61. The number of hydrogen-bond acceptors (Lipinski definition) is 2. The maximum atomic E-state index is 11.7. The Morgan fingerprint density at radius 2 is 1.75 bits per heavy atom. The topological polar surface area (TPSA) is 26.3 Å². The van der Waals surface area contributed by atoms with E-state index in [0.717, 1.165) is 6.42 Å². The van der Waals surface area contributed by atoms with Crippen molar-refractivity contribution in [1.82, 2.24) is 0 Å². The maximum absolute atomic E-state index is 11.7. The third-order valence-electron chi connectivity index (χ3n) is 1.99. The summed E-state index contributed by atoms with van der Waals surface area (Å²) in [4.78, 5) is 0. The summed E-state index contributed by atoms with van der Waals surface area (Å²) in [6.45, 7) is 8.80. The van der Waals surface area contributed by atoms with Gasteiger partial charge in [-0.25, -0.2) is 0 Å². The molecular formula is C9H21O2P. The molecule has 0 rings (SSSR count). The van der Waals surface area contributed by atoms with E-state index in [-0.39, 0.29) is 0 Å². The van der Waals surface area contributed by atoms with Gasteiger partial charge in [0.1, 0.15) is 0 Å². The van der Waals surface area contributed by atoms with E-state index in [1.807, 2.05) is 13.8 Å². The summed E-state index contributed by atoms with van der Waals surface area (Å²) < 4.78 is 17.1. The van der Waals surface area contributed by atoms with Crippen molar-refractivity contribution in [2.75, 3.05) is 18.9 Å². The van der Waals surface area contributed by atoms with Crippen LogP contribution in [0.1, 0.15) is 34.1 Å². The Labute approximate surface area is 76.1 Å². The van der Waals surface area contributed by atoms with E-state index in [1.54, 1.807) is 0 Å². The lowest BCUT2D eigenvalue weighted by molar-refractivity contribution is 0.289. The van der Waals surface area contributed by atoms with Crippen molar-refractivity contribution in [3.63, 3.8) is 0 Å². The Balaban J connectivity index is 3.67. The molecule has 0 aliphatic rings. The summed E-state index contributed by atoms with van der Waals surface area (Å²) >= 11 is 0. The van der Waals surface area contributed by atoms with Gasteiger partial charge in [-0.15, -0.1) is 0 Å². The van der Waals surface area contributed by atoms with E-state index in [0.29, 0.717) is 24.8 Å². The summed E-state index contributed by atoms with van der Waals surface area (Å²) in [5.41, 5.74) is 0. The molecule has 0 aliphatic heterocycles. The molecule has 0 spiro atoms. The van der Waals surface area contributed by atoms with Crippen molar-refractivity contribution in [2.24, 2.45) is 5.92 Å². The molecule has 3 heteroatoms. The highest BCUT2D eigenvalue weighted by atomic mass is 31.2. The predicted molar refractivity (Wildman–Crippen MR) is 54.1 cm³/mol. The number of hydrogen-bond donors (Lipinski definition) is 0. The second kappa shape index (κ2) is 5.77. The fourth-order valence-corrected chi connectivity index (χ4v) is 2.11.